The number of thiocarbonyl (C=S) groups is 1. The van der Waals surface area contributed by atoms with Crippen molar-refractivity contribution in [1.82, 2.24) is 15.3 Å². The van der Waals surface area contributed by atoms with Crippen molar-refractivity contribution in [3.05, 3.63) is 66.6 Å². The molecule has 1 saturated heterocycles. The maximum atomic E-state index is 12.4. The van der Waals surface area contributed by atoms with E-state index in [2.05, 4.69) is 31.4 Å². The molecular formula is C24H21F3N6O2S. The number of anilines is 2. The van der Waals surface area contributed by atoms with Crippen molar-refractivity contribution < 1.29 is 22.6 Å². The number of nitrogens with zero attached hydrogens (tertiary/aromatic N) is 4. The highest BCUT2D eigenvalue weighted by Gasteiger charge is 2.31. The Hall–Kier alpha value is -4.11. The fourth-order valence-corrected chi connectivity index (χ4v) is 4.01. The lowest BCUT2D eigenvalue weighted by atomic mass is 10.0. The number of aromatic nitrogens is 2. The fraction of sp³-hybridized carbons (Fsp3) is 0.250. The molecule has 0 saturated carbocycles. The summed E-state index contributed by atoms with van der Waals surface area (Å²) in [6.07, 6.45) is 1.67. The summed E-state index contributed by atoms with van der Waals surface area (Å²) in [5.41, 5.74) is 1.04. The van der Waals surface area contributed by atoms with E-state index in [0.29, 0.717) is 24.0 Å². The average Bonchev–Trinajstić information content (AvgIpc) is 2.85. The maximum Gasteiger partial charge on any atom is 0.573 e. The molecule has 2 N–H and O–H groups in total. The van der Waals surface area contributed by atoms with Crippen molar-refractivity contribution in [2.45, 2.75) is 25.2 Å². The lowest BCUT2D eigenvalue weighted by molar-refractivity contribution is -0.274. The van der Waals surface area contributed by atoms with E-state index >= 15 is 0 Å². The minimum atomic E-state index is -4.78. The van der Waals surface area contributed by atoms with Gasteiger partial charge in [-0.05, 0) is 61.5 Å². The molecule has 12 heteroatoms. The molecule has 3 aromatic rings. The molecular weight excluding hydrogens is 493 g/mol. The largest absolute Gasteiger partial charge is 0.573 e. The second kappa shape index (κ2) is 11.1. The van der Waals surface area contributed by atoms with E-state index in [9.17, 15) is 18.4 Å². The topological polar surface area (TPSA) is 95.3 Å². The lowest BCUT2D eigenvalue weighted by Crippen LogP contribution is -2.46. The molecule has 1 aliphatic rings. The van der Waals surface area contributed by atoms with E-state index in [1.807, 2.05) is 17.0 Å². The quantitative estimate of drug-likeness (QED) is 0.441. The van der Waals surface area contributed by atoms with Gasteiger partial charge in [-0.15, -0.1) is 13.2 Å². The van der Waals surface area contributed by atoms with Crippen LogP contribution in [0.1, 0.15) is 18.4 Å². The van der Waals surface area contributed by atoms with Crippen LogP contribution in [0.3, 0.4) is 0 Å². The zero-order chi connectivity index (χ0) is 25.5. The van der Waals surface area contributed by atoms with Crippen molar-refractivity contribution in [1.29, 1.82) is 5.26 Å². The zero-order valence-corrected chi connectivity index (χ0v) is 19.6. The number of halogens is 3. The van der Waals surface area contributed by atoms with Crippen LogP contribution in [-0.4, -0.2) is 40.6 Å². The van der Waals surface area contributed by atoms with Gasteiger partial charge < -0.3 is 25.0 Å². The van der Waals surface area contributed by atoms with Crippen molar-refractivity contribution in [3.63, 3.8) is 0 Å². The van der Waals surface area contributed by atoms with Gasteiger partial charge >= 0.3 is 6.36 Å². The van der Waals surface area contributed by atoms with Gasteiger partial charge in [-0.25, -0.2) is 4.98 Å². The first kappa shape index (κ1) is 25.0. The summed E-state index contributed by atoms with van der Waals surface area (Å²) in [6.45, 7) is 1.28. The first-order chi connectivity index (χ1) is 17.3. The third-order valence-corrected chi connectivity index (χ3v) is 5.56. The number of nitriles is 1. The monoisotopic (exact) mass is 514 g/mol. The Balaban J connectivity index is 1.37. The average molecular weight is 515 g/mol. The molecule has 1 aromatic carbocycles. The Morgan fingerprint density at radius 2 is 1.81 bits per heavy atom. The van der Waals surface area contributed by atoms with E-state index in [1.54, 1.807) is 18.5 Å². The van der Waals surface area contributed by atoms with E-state index in [-0.39, 0.29) is 28.9 Å². The van der Waals surface area contributed by atoms with Gasteiger partial charge in [0.15, 0.2) is 10.9 Å². The van der Waals surface area contributed by atoms with Crippen LogP contribution in [0.5, 0.6) is 17.2 Å². The van der Waals surface area contributed by atoms with Crippen molar-refractivity contribution >= 4 is 28.8 Å². The van der Waals surface area contributed by atoms with E-state index in [4.69, 9.17) is 17.0 Å². The van der Waals surface area contributed by atoms with Crippen LogP contribution >= 0.6 is 12.2 Å². The fourth-order valence-electron chi connectivity index (χ4n) is 3.72. The summed E-state index contributed by atoms with van der Waals surface area (Å²) in [5.74, 6) is 0.642. The molecule has 186 valence electrons. The molecule has 8 nitrogen and oxygen atoms in total. The standard InChI is InChI=1S/C24H21F3N6O2S/c25-24(26,27)35-19-5-3-18(4-6-19)34-21-7-11-30-22(20(21)14-28)33-12-8-16(9-13-33)31-23(36)32-17-2-1-10-29-15-17/h1-7,10-11,15-16H,8-9,12-13H2,(H2,31,32,36). The number of piperidine rings is 1. The maximum absolute atomic E-state index is 12.4. The number of ether oxygens (including phenoxy) is 2. The molecule has 3 heterocycles. The predicted molar refractivity (Wildman–Crippen MR) is 131 cm³/mol. The van der Waals surface area contributed by atoms with Crippen molar-refractivity contribution in [2.24, 2.45) is 0 Å². The molecule has 0 amide bonds. The summed E-state index contributed by atoms with van der Waals surface area (Å²) >= 11 is 5.39. The van der Waals surface area contributed by atoms with Gasteiger partial charge in [-0.3, -0.25) is 4.98 Å². The molecule has 0 spiro atoms. The van der Waals surface area contributed by atoms with Crippen molar-refractivity contribution in [2.75, 3.05) is 23.3 Å². The number of rotatable bonds is 6. The number of hydrogen-bond donors (Lipinski definition) is 2. The van der Waals surface area contributed by atoms with E-state index in [1.165, 1.54) is 18.3 Å². The van der Waals surface area contributed by atoms with Gasteiger partial charge in [0, 0.05) is 37.6 Å². The Kier molecular flexibility index (Phi) is 7.70. The number of pyridine rings is 2. The normalized spacial score (nSPS) is 14.0. The smallest absolute Gasteiger partial charge is 0.456 e. The Morgan fingerprint density at radius 1 is 1.08 bits per heavy atom. The highest BCUT2D eigenvalue weighted by atomic mass is 32.1. The summed E-state index contributed by atoms with van der Waals surface area (Å²) in [7, 11) is 0. The number of alkyl halides is 3. The molecule has 2 aromatic heterocycles. The molecule has 0 aliphatic carbocycles. The van der Waals surface area contributed by atoms with Gasteiger partial charge in [-0.1, -0.05) is 0 Å². The highest BCUT2D eigenvalue weighted by Crippen LogP contribution is 2.33. The Labute approximate surface area is 210 Å². The van der Waals surface area contributed by atoms with Crippen LogP contribution in [0.25, 0.3) is 0 Å². The molecule has 1 fully saturated rings. The summed E-state index contributed by atoms with van der Waals surface area (Å²) < 4.78 is 46.7. The highest BCUT2D eigenvalue weighted by molar-refractivity contribution is 7.80. The van der Waals surface area contributed by atoms with Crippen LogP contribution in [0.15, 0.2) is 61.1 Å². The number of nitrogens with one attached hydrogen (secondary N) is 2. The minimum Gasteiger partial charge on any atom is -0.456 e. The molecule has 0 bridgehead atoms. The first-order valence-corrected chi connectivity index (χ1v) is 11.4. The molecule has 0 radical (unpaired) electrons. The third-order valence-electron chi connectivity index (χ3n) is 5.34. The number of benzene rings is 1. The van der Waals surface area contributed by atoms with Crippen LogP contribution < -0.4 is 25.0 Å². The zero-order valence-electron chi connectivity index (χ0n) is 18.8. The summed E-state index contributed by atoms with van der Waals surface area (Å²) in [6, 6.07) is 12.5. The van der Waals surface area contributed by atoms with Crippen molar-refractivity contribution in [3.8, 4) is 23.3 Å². The minimum absolute atomic E-state index is 0.153. The molecule has 0 atom stereocenters. The van der Waals surface area contributed by atoms with Crippen LogP contribution in [-0.2, 0) is 0 Å². The molecule has 0 unspecified atom stereocenters. The molecule has 36 heavy (non-hydrogen) atoms. The van der Waals surface area contributed by atoms with Crippen LogP contribution in [0.2, 0.25) is 0 Å². The number of hydrogen-bond acceptors (Lipinski definition) is 7. The van der Waals surface area contributed by atoms with Gasteiger partial charge in [0.1, 0.15) is 28.9 Å². The van der Waals surface area contributed by atoms with Gasteiger partial charge in [-0.2, -0.15) is 5.26 Å². The van der Waals surface area contributed by atoms with E-state index < -0.39 is 6.36 Å². The summed E-state index contributed by atoms with van der Waals surface area (Å²) in [4.78, 5) is 10.4. The summed E-state index contributed by atoms with van der Waals surface area (Å²) in [5, 5.41) is 16.7. The predicted octanol–water partition coefficient (Wildman–Crippen LogP) is 4.99. The Morgan fingerprint density at radius 3 is 2.44 bits per heavy atom. The second-order valence-electron chi connectivity index (χ2n) is 7.84. The van der Waals surface area contributed by atoms with Gasteiger partial charge in [0.25, 0.3) is 0 Å². The molecule has 4 rings (SSSR count). The van der Waals surface area contributed by atoms with E-state index in [0.717, 1.165) is 30.7 Å². The second-order valence-corrected chi connectivity index (χ2v) is 8.25. The lowest BCUT2D eigenvalue weighted by Gasteiger charge is -2.34. The van der Waals surface area contributed by atoms with Gasteiger partial charge in [0.2, 0.25) is 0 Å². The Bertz CT molecular complexity index is 1230. The first-order valence-electron chi connectivity index (χ1n) is 11.0. The van der Waals surface area contributed by atoms with Gasteiger partial charge in [0.05, 0.1) is 11.9 Å². The van der Waals surface area contributed by atoms with Crippen LogP contribution in [0, 0.1) is 11.3 Å². The van der Waals surface area contributed by atoms with Crippen LogP contribution in [0.4, 0.5) is 24.7 Å². The molecule has 1 aliphatic heterocycles. The third kappa shape index (κ3) is 6.73. The SMILES string of the molecule is N#Cc1c(Oc2ccc(OC(F)(F)F)cc2)ccnc1N1CCC(NC(=S)Nc2cccnc2)CC1.